The molecule has 2 rings (SSSR count). The molecule has 0 unspecified atom stereocenters. The zero-order chi connectivity index (χ0) is 14.9. The van der Waals surface area contributed by atoms with Gasteiger partial charge in [-0.25, -0.2) is 9.78 Å². The Morgan fingerprint density at radius 1 is 1.05 bits per heavy atom. The maximum absolute atomic E-state index is 13.7. The largest absolute Gasteiger partial charge is 0.477 e. The van der Waals surface area contributed by atoms with Crippen LogP contribution in [0.25, 0.3) is 11.1 Å². The van der Waals surface area contributed by atoms with Crippen LogP contribution in [0.1, 0.15) is 16.1 Å². The predicted octanol–water partition coefficient (Wildman–Crippen LogP) is 3.60. The minimum absolute atomic E-state index is 0.387. The van der Waals surface area contributed by atoms with Crippen LogP contribution in [-0.2, 0) is 6.18 Å². The Balaban J connectivity index is 2.61. The lowest BCUT2D eigenvalue weighted by Gasteiger charge is -2.13. The summed E-state index contributed by atoms with van der Waals surface area (Å²) >= 11 is 0. The minimum Gasteiger partial charge on any atom is -0.477 e. The summed E-state index contributed by atoms with van der Waals surface area (Å²) in [4.78, 5) is 13.8. The van der Waals surface area contributed by atoms with Crippen LogP contribution in [0.15, 0.2) is 36.4 Å². The molecule has 0 spiro atoms. The van der Waals surface area contributed by atoms with Crippen LogP contribution in [0.4, 0.5) is 17.6 Å². The number of rotatable bonds is 2. The zero-order valence-electron chi connectivity index (χ0n) is 9.78. The number of hydrogen-bond donors (Lipinski definition) is 1. The lowest BCUT2D eigenvalue weighted by atomic mass is 10.0. The summed E-state index contributed by atoms with van der Waals surface area (Å²) < 4.78 is 52.2. The van der Waals surface area contributed by atoms with Gasteiger partial charge >= 0.3 is 12.1 Å². The monoisotopic (exact) mass is 285 g/mol. The number of nitrogens with zero attached hydrogens (tertiary/aromatic N) is 1. The minimum atomic E-state index is -4.64. The highest BCUT2D eigenvalue weighted by atomic mass is 19.4. The summed E-state index contributed by atoms with van der Waals surface area (Å²) in [5, 5.41) is 8.65. The second-order valence-electron chi connectivity index (χ2n) is 3.88. The van der Waals surface area contributed by atoms with Gasteiger partial charge in [0.2, 0.25) is 5.95 Å². The molecule has 0 atom stereocenters. The lowest BCUT2D eigenvalue weighted by Crippen LogP contribution is -2.08. The van der Waals surface area contributed by atoms with Crippen molar-refractivity contribution in [3.63, 3.8) is 0 Å². The van der Waals surface area contributed by atoms with E-state index in [2.05, 4.69) is 4.98 Å². The molecule has 1 aromatic heterocycles. The third-order valence-corrected chi connectivity index (χ3v) is 2.59. The Morgan fingerprint density at radius 2 is 1.70 bits per heavy atom. The smallest absolute Gasteiger partial charge is 0.417 e. The maximum atomic E-state index is 13.7. The molecule has 2 aromatic rings. The first kappa shape index (κ1) is 14.0. The van der Waals surface area contributed by atoms with Crippen LogP contribution < -0.4 is 0 Å². The van der Waals surface area contributed by atoms with Crippen molar-refractivity contribution in [2.45, 2.75) is 6.18 Å². The molecule has 104 valence electrons. The van der Waals surface area contributed by atoms with Gasteiger partial charge in [-0.05, 0) is 23.8 Å². The molecule has 3 nitrogen and oxygen atoms in total. The first-order valence-electron chi connectivity index (χ1n) is 5.37. The fourth-order valence-electron chi connectivity index (χ4n) is 1.72. The van der Waals surface area contributed by atoms with Crippen molar-refractivity contribution < 1.29 is 27.5 Å². The SMILES string of the molecule is O=C(O)c1ccc(-c2ccccc2C(F)(F)F)c(F)n1. The van der Waals surface area contributed by atoms with E-state index in [1.165, 1.54) is 12.1 Å². The van der Waals surface area contributed by atoms with Gasteiger partial charge in [0.25, 0.3) is 0 Å². The van der Waals surface area contributed by atoms with Crippen LogP contribution in [0, 0.1) is 5.95 Å². The van der Waals surface area contributed by atoms with E-state index in [1.54, 1.807) is 0 Å². The first-order chi connectivity index (χ1) is 9.30. The second-order valence-corrected chi connectivity index (χ2v) is 3.88. The van der Waals surface area contributed by atoms with E-state index in [0.717, 1.165) is 24.3 Å². The number of alkyl halides is 3. The molecule has 0 aliphatic rings. The summed E-state index contributed by atoms with van der Waals surface area (Å²) in [6, 6.07) is 6.35. The third kappa shape index (κ3) is 2.61. The molecule has 1 heterocycles. The van der Waals surface area contributed by atoms with Gasteiger partial charge in [-0.3, -0.25) is 0 Å². The van der Waals surface area contributed by atoms with Crippen molar-refractivity contribution in [3.05, 3.63) is 53.6 Å². The average molecular weight is 285 g/mol. The molecule has 0 fully saturated rings. The Morgan fingerprint density at radius 3 is 2.25 bits per heavy atom. The van der Waals surface area contributed by atoms with Crippen molar-refractivity contribution >= 4 is 5.97 Å². The van der Waals surface area contributed by atoms with Gasteiger partial charge in [-0.1, -0.05) is 18.2 Å². The van der Waals surface area contributed by atoms with Gasteiger partial charge in [0.1, 0.15) is 0 Å². The van der Waals surface area contributed by atoms with Crippen molar-refractivity contribution in [3.8, 4) is 11.1 Å². The molecular formula is C13H7F4NO2. The van der Waals surface area contributed by atoms with E-state index >= 15 is 0 Å². The van der Waals surface area contributed by atoms with Gasteiger partial charge in [-0.15, -0.1) is 0 Å². The molecule has 7 heteroatoms. The van der Waals surface area contributed by atoms with E-state index in [4.69, 9.17) is 5.11 Å². The van der Waals surface area contributed by atoms with E-state index in [1.807, 2.05) is 0 Å². The van der Waals surface area contributed by atoms with Gasteiger partial charge < -0.3 is 5.11 Å². The molecule has 1 N–H and O–H groups in total. The van der Waals surface area contributed by atoms with E-state index < -0.39 is 34.9 Å². The highest BCUT2D eigenvalue weighted by molar-refractivity contribution is 5.86. The number of hydrogen-bond acceptors (Lipinski definition) is 2. The molecule has 0 saturated carbocycles. The topological polar surface area (TPSA) is 50.2 Å². The number of aromatic nitrogens is 1. The molecule has 20 heavy (non-hydrogen) atoms. The van der Waals surface area contributed by atoms with Crippen molar-refractivity contribution in [2.75, 3.05) is 0 Å². The summed E-state index contributed by atoms with van der Waals surface area (Å²) in [7, 11) is 0. The summed E-state index contributed by atoms with van der Waals surface area (Å²) in [5.41, 5.74) is -2.37. The fraction of sp³-hybridized carbons (Fsp3) is 0.0769. The standard InChI is InChI=1S/C13H7F4NO2/c14-11-8(5-6-10(18-11)12(19)20)7-3-1-2-4-9(7)13(15,16)17/h1-6H,(H,19,20). The Labute approximate surface area is 110 Å². The third-order valence-electron chi connectivity index (χ3n) is 2.59. The summed E-state index contributed by atoms with van der Waals surface area (Å²) in [6.07, 6.45) is -4.64. The molecule has 0 radical (unpaired) electrons. The Kier molecular flexibility index (Phi) is 3.44. The molecule has 0 bridgehead atoms. The number of benzene rings is 1. The number of pyridine rings is 1. The maximum Gasteiger partial charge on any atom is 0.417 e. The highest BCUT2D eigenvalue weighted by Crippen LogP contribution is 2.37. The Hall–Kier alpha value is -2.44. The molecule has 0 amide bonds. The molecule has 0 saturated heterocycles. The van der Waals surface area contributed by atoms with Gasteiger partial charge in [0, 0.05) is 5.56 Å². The van der Waals surface area contributed by atoms with Crippen molar-refractivity contribution in [2.24, 2.45) is 0 Å². The van der Waals surface area contributed by atoms with E-state index in [-0.39, 0.29) is 5.56 Å². The van der Waals surface area contributed by atoms with Crippen LogP contribution in [0.3, 0.4) is 0 Å². The summed E-state index contributed by atoms with van der Waals surface area (Å²) in [5.74, 6) is -2.72. The number of carboxylic acids is 1. The number of aromatic carboxylic acids is 1. The Bertz CT molecular complexity index is 668. The summed E-state index contributed by atoms with van der Waals surface area (Å²) in [6.45, 7) is 0. The first-order valence-corrected chi connectivity index (χ1v) is 5.37. The number of halogens is 4. The second kappa shape index (κ2) is 4.92. The van der Waals surface area contributed by atoms with Crippen LogP contribution >= 0.6 is 0 Å². The normalized spacial score (nSPS) is 11.4. The molecule has 0 aliphatic heterocycles. The quantitative estimate of drug-likeness (QED) is 0.677. The zero-order valence-corrected chi connectivity index (χ0v) is 9.78. The average Bonchev–Trinajstić information content (AvgIpc) is 2.37. The molecule has 1 aromatic carbocycles. The van der Waals surface area contributed by atoms with Gasteiger partial charge in [0.15, 0.2) is 5.69 Å². The van der Waals surface area contributed by atoms with Crippen LogP contribution in [0.5, 0.6) is 0 Å². The van der Waals surface area contributed by atoms with Crippen LogP contribution in [-0.4, -0.2) is 16.1 Å². The van der Waals surface area contributed by atoms with Crippen molar-refractivity contribution in [1.82, 2.24) is 4.98 Å². The van der Waals surface area contributed by atoms with E-state index in [9.17, 15) is 22.4 Å². The van der Waals surface area contributed by atoms with Gasteiger partial charge in [0.05, 0.1) is 5.56 Å². The van der Waals surface area contributed by atoms with Gasteiger partial charge in [-0.2, -0.15) is 17.6 Å². The molecule has 0 aliphatic carbocycles. The lowest BCUT2D eigenvalue weighted by molar-refractivity contribution is -0.137. The van der Waals surface area contributed by atoms with Crippen molar-refractivity contribution in [1.29, 1.82) is 0 Å². The number of carbonyl (C=O) groups is 1. The van der Waals surface area contributed by atoms with E-state index in [0.29, 0.717) is 0 Å². The molecular weight excluding hydrogens is 278 g/mol. The van der Waals surface area contributed by atoms with Crippen LogP contribution in [0.2, 0.25) is 0 Å². The predicted molar refractivity (Wildman–Crippen MR) is 61.6 cm³/mol. The fourth-order valence-corrected chi connectivity index (χ4v) is 1.72. The highest BCUT2D eigenvalue weighted by Gasteiger charge is 2.34. The number of carboxylic acid groups (broad SMARTS) is 1.